The molecule has 3 aliphatic rings. The summed E-state index contributed by atoms with van der Waals surface area (Å²) in [7, 11) is 0. The quantitative estimate of drug-likeness (QED) is 0.783. The molecule has 2 aliphatic heterocycles. The van der Waals surface area contributed by atoms with Crippen LogP contribution in [0.4, 0.5) is 0 Å². The average Bonchev–Trinajstić information content (AvgIpc) is 3.14. The lowest BCUT2D eigenvalue weighted by molar-refractivity contribution is -0.135. The Labute approximate surface area is 114 Å². The zero-order valence-corrected chi connectivity index (χ0v) is 11.6. The SMILES string of the molecule is CC(OC1COC2(CCNCC2)C1)C(=O)NC1CC1. The Kier molecular flexibility index (Phi) is 3.78. The zero-order chi connectivity index (χ0) is 13.3. The second kappa shape index (κ2) is 5.38. The molecule has 2 heterocycles. The van der Waals surface area contributed by atoms with Crippen molar-refractivity contribution < 1.29 is 14.3 Å². The number of hydrogen-bond donors (Lipinski definition) is 2. The van der Waals surface area contributed by atoms with Gasteiger partial charge in [-0.15, -0.1) is 0 Å². The van der Waals surface area contributed by atoms with Crippen molar-refractivity contribution in [3.63, 3.8) is 0 Å². The fourth-order valence-corrected chi connectivity index (χ4v) is 3.02. The largest absolute Gasteiger partial charge is 0.372 e. The lowest BCUT2D eigenvalue weighted by Crippen LogP contribution is -2.42. The maximum atomic E-state index is 11.9. The molecule has 2 N–H and O–H groups in total. The maximum absolute atomic E-state index is 11.9. The lowest BCUT2D eigenvalue weighted by Gasteiger charge is -2.32. The Bertz CT molecular complexity index is 338. The van der Waals surface area contributed by atoms with E-state index in [1.54, 1.807) is 0 Å². The topological polar surface area (TPSA) is 59.6 Å². The molecule has 3 fully saturated rings. The van der Waals surface area contributed by atoms with Gasteiger partial charge in [0.05, 0.1) is 18.3 Å². The van der Waals surface area contributed by atoms with Gasteiger partial charge in [-0.1, -0.05) is 0 Å². The van der Waals surface area contributed by atoms with Crippen molar-refractivity contribution in [1.82, 2.24) is 10.6 Å². The van der Waals surface area contributed by atoms with Crippen molar-refractivity contribution in [3.05, 3.63) is 0 Å². The first-order chi connectivity index (χ1) is 9.17. The van der Waals surface area contributed by atoms with Crippen LogP contribution in [-0.2, 0) is 14.3 Å². The monoisotopic (exact) mass is 268 g/mol. The van der Waals surface area contributed by atoms with Gasteiger partial charge in [-0.25, -0.2) is 0 Å². The Morgan fingerprint density at radius 2 is 2.16 bits per heavy atom. The highest BCUT2D eigenvalue weighted by molar-refractivity contribution is 5.80. The predicted octanol–water partition coefficient (Wildman–Crippen LogP) is 0.581. The number of carbonyl (C=O) groups is 1. The highest BCUT2D eigenvalue weighted by atomic mass is 16.6. The molecule has 2 atom stereocenters. The number of nitrogens with one attached hydrogen (secondary N) is 2. The van der Waals surface area contributed by atoms with Crippen LogP contribution >= 0.6 is 0 Å². The lowest BCUT2D eigenvalue weighted by atomic mass is 9.89. The van der Waals surface area contributed by atoms with Gasteiger partial charge in [0.15, 0.2) is 0 Å². The summed E-state index contributed by atoms with van der Waals surface area (Å²) < 4.78 is 11.8. The molecule has 0 aromatic heterocycles. The highest BCUT2D eigenvalue weighted by Gasteiger charge is 2.42. The van der Waals surface area contributed by atoms with Crippen LogP contribution in [0.15, 0.2) is 0 Å². The predicted molar refractivity (Wildman–Crippen MR) is 70.9 cm³/mol. The van der Waals surface area contributed by atoms with E-state index in [1.165, 1.54) is 0 Å². The van der Waals surface area contributed by atoms with Gasteiger partial charge in [0, 0.05) is 12.5 Å². The summed E-state index contributed by atoms with van der Waals surface area (Å²) in [6.45, 7) is 4.50. The molecule has 0 aromatic carbocycles. The first kappa shape index (κ1) is 13.3. The number of ether oxygens (including phenoxy) is 2. The third-order valence-electron chi connectivity index (χ3n) is 4.38. The van der Waals surface area contributed by atoms with E-state index in [0.717, 1.165) is 45.2 Å². The van der Waals surface area contributed by atoms with Gasteiger partial charge in [-0.05, 0) is 45.7 Å². The zero-order valence-electron chi connectivity index (χ0n) is 11.6. The summed E-state index contributed by atoms with van der Waals surface area (Å²) in [5.41, 5.74) is 0.00258. The van der Waals surface area contributed by atoms with Crippen molar-refractivity contribution in [2.45, 2.75) is 62.9 Å². The van der Waals surface area contributed by atoms with Crippen LogP contribution in [-0.4, -0.2) is 49.5 Å². The van der Waals surface area contributed by atoms with E-state index < -0.39 is 0 Å². The van der Waals surface area contributed by atoms with E-state index in [-0.39, 0.29) is 23.7 Å². The van der Waals surface area contributed by atoms with Crippen LogP contribution < -0.4 is 10.6 Å². The number of carbonyl (C=O) groups excluding carboxylic acids is 1. The highest BCUT2D eigenvalue weighted by Crippen LogP contribution is 2.35. The van der Waals surface area contributed by atoms with Gasteiger partial charge in [0.2, 0.25) is 5.91 Å². The van der Waals surface area contributed by atoms with Gasteiger partial charge in [-0.2, -0.15) is 0 Å². The molecule has 1 saturated carbocycles. The van der Waals surface area contributed by atoms with Gasteiger partial charge in [-0.3, -0.25) is 4.79 Å². The standard InChI is InChI=1S/C14H24N2O3/c1-10(13(17)16-11-2-3-11)19-12-8-14(18-9-12)4-6-15-7-5-14/h10-12,15H,2-9H2,1H3,(H,16,17). The third kappa shape index (κ3) is 3.27. The van der Waals surface area contributed by atoms with Crippen LogP contribution in [0.25, 0.3) is 0 Å². The minimum atomic E-state index is -0.369. The van der Waals surface area contributed by atoms with Crippen LogP contribution in [0.3, 0.4) is 0 Å². The molecule has 2 saturated heterocycles. The Morgan fingerprint density at radius 3 is 2.84 bits per heavy atom. The second-order valence-electron chi connectivity index (χ2n) is 6.13. The molecular weight excluding hydrogens is 244 g/mol. The van der Waals surface area contributed by atoms with Crippen LogP contribution in [0, 0.1) is 0 Å². The van der Waals surface area contributed by atoms with Crippen LogP contribution in [0.1, 0.15) is 39.0 Å². The van der Waals surface area contributed by atoms with Gasteiger partial charge >= 0.3 is 0 Å². The summed E-state index contributed by atoms with van der Waals surface area (Å²) in [5, 5.41) is 6.34. The average molecular weight is 268 g/mol. The smallest absolute Gasteiger partial charge is 0.249 e. The molecule has 5 heteroatoms. The third-order valence-corrected chi connectivity index (χ3v) is 4.38. The van der Waals surface area contributed by atoms with Gasteiger partial charge in [0.25, 0.3) is 0 Å². The molecule has 1 aliphatic carbocycles. The minimum absolute atomic E-state index is 0.00258. The maximum Gasteiger partial charge on any atom is 0.249 e. The summed E-state index contributed by atoms with van der Waals surface area (Å²) >= 11 is 0. The minimum Gasteiger partial charge on any atom is -0.372 e. The molecule has 108 valence electrons. The molecular formula is C14H24N2O3. The Morgan fingerprint density at radius 1 is 1.42 bits per heavy atom. The second-order valence-corrected chi connectivity index (χ2v) is 6.13. The van der Waals surface area contributed by atoms with E-state index in [0.29, 0.717) is 12.6 Å². The number of piperidine rings is 1. The van der Waals surface area contributed by atoms with Crippen molar-refractivity contribution in [2.75, 3.05) is 19.7 Å². The number of rotatable bonds is 4. The van der Waals surface area contributed by atoms with Crippen LogP contribution in [0.2, 0.25) is 0 Å². The van der Waals surface area contributed by atoms with Crippen molar-refractivity contribution in [3.8, 4) is 0 Å². The van der Waals surface area contributed by atoms with E-state index in [1.807, 2.05) is 6.92 Å². The molecule has 1 amide bonds. The van der Waals surface area contributed by atoms with Crippen molar-refractivity contribution in [2.24, 2.45) is 0 Å². The molecule has 0 bridgehead atoms. The van der Waals surface area contributed by atoms with Gasteiger partial charge in [0.1, 0.15) is 6.10 Å². The van der Waals surface area contributed by atoms with E-state index >= 15 is 0 Å². The molecule has 2 unspecified atom stereocenters. The molecule has 19 heavy (non-hydrogen) atoms. The van der Waals surface area contributed by atoms with Gasteiger partial charge < -0.3 is 20.1 Å². The first-order valence-electron chi connectivity index (χ1n) is 7.47. The molecule has 0 radical (unpaired) electrons. The van der Waals surface area contributed by atoms with Crippen LogP contribution in [0.5, 0.6) is 0 Å². The van der Waals surface area contributed by atoms with E-state index in [4.69, 9.17) is 9.47 Å². The Hall–Kier alpha value is -0.650. The summed E-state index contributed by atoms with van der Waals surface area (Å²) in [6.07, 6.45) is 4.95. The van der Waals surface area contributed by atoms with E-state index in [9.17, 15) is 4.79 Å². The summed E-state index contributed by atoms with van der Waals surface area (Å²) in [6, 6.07) is 0.397. The van der Waals surface area contributed by atoms with Crippen molar-refractivity contribution in [1.29, 1.82) is 0 Å². The Balaban J connectivity index is 1.46. The molecule has 3 rings (SSSR count). The molecule has 1 spiro atoms. The summed E-state index contributed by atoms with van der Waals surface area (Å²) in [4.78, 5) is 11.9. The normalized spacial score (nSPS) is 31.3. The van der Waals surface area contributed by atoms with Crippen molar-refractivity contribution >= 4 is 5.91 Å². The fourth-order valence-electron chi connectivity index (χ4n) is 3.02. The number of amides is 1. The summed E-state index contributed by atoms with van der Waals surface area (Å²) in [5.74, 6) is 0.0220. The first-order valence-corrected chi connectivity index (χ1v) is 7.47. The molecule has 0 aromatic rings. The van der Waals surface area contributed by atoms with E-state index in [2.05, 4.69) is 10.6 Å². The molecule has 5 nitrogen and oxygen atoms in total. The fraction of sp³-hybridized carbons (Fsp3) is 0.929. The number of hydrogen-bond acceptors (Lipinski definition) is 4.